The van der Waals surface area contributed by atoms with Crippen LogP contribution in [0.5, 0.6) is 0 Å². The van der Waals surface area contributed by atoms with Gasteiger partial charge in [0.2, 0.25) is 5.91 Å². The van der Waals surface area contributed by atoms with Gasteiger partial charge in [-0.15, -0.1) is 0 Å². The summed E-state index contributed by atoms with van der Waals surface area (Å²) >= 11 is 5.87. The lowest BCUT2D eigenvalue weighted by Crippen LogP contribution is -2.27. The van der Waals surface area contributed by atoms with Crippen molar-refractivity contribution in [1.29, 1.82) is 0 Å². The number of hydrogen-bond donors (Lipinski definition) is 0. The van der Waals surface area contributed by atoms with E-state index < -0.39 is 0 Å². The smallest absolute Gasteiger partial charge is 0.232 e. The van der Waals surface area contributed by atoms with Crippen molar-refractivity contribution in [3.05, 3.63) is 71.4 Å². The molecule has 0 aliphatic carbocycles. The van der Waals surface area contributed by atoms with Gasteiger partial charge in [0.15, 0.2) is 5.76 Å². The Balaban J connectivity index is 1.71. The van der Waals surface area contributed by atoms with E-state index in [9.17, 15) is 4.79 Å². The molecular formula is C18H15ClN2O2. The largest absolute Gasteiger partial charge is 0.356 e. The zero-order valence-electron chi connectivity index (χ0n) is 12.6. The van der Waals surface area contributed by atoms with E-state index in [0.29, 0.717) is 16.5 Å². The molecule has 1 heterocycles. The maximum Gasteiger partial charge on any atom is 0.232 e. The molecule has 0 bridgehead atoms. The monoisotopic (exact) mass is 326 g/mol. The van der Waals surface area contributed by atoms with Crippen LogP contribution in [-0.4, -0.2) is 18.1 Å². The fourth-order valence-corrected chi connectivity index (χ4v) is 2.34. The van der Waals surface area contributed by atoms with Crippen molar-refractivity contribution in [3.8, 4) is 11.3 Å². The number of nitrogens with zero attached hydrogens (tertiary/aromatic N) is 2. The highest BCUT2D eigenvalue weighted by Gasteiger charge is 2.15. The van der Waals surface area contributed by atoms with Crippen molar-refractivity contribution in [2.75, 3.05) is 11.9 Å². The maximum absolute atomic E-state index is 12.3. The summed E-state index contributed by atoms with van der Waals surface area (Å²) in [5, 5.41) is 4.64. The second kappa shape index (κ2) is 6.67. The summed E-state index contributed by atoms with van der Waals surface area (Å²) in [5.41, 5.74) is 2.32. The van der Waals surface area contributed by atoms with Gasteiger partial charge in [0.05, 0.1) is 12.1 Å². The molecule has 0 saturated carbocycles. The SMILES string of the molecule is CN(C(=O)Cc1cc(-c2ccc(Cl)cc2)on1)c1ccccc1. The van der Waals surface area contributed by atoms with Crippen LogP contribution in [0, 0.1) is 0 Å². The van der Waals surface area contributed by atoms with E-state index in [1.165, 1.54) is 0 Å². The Labute approximate surface area is 139 Å². The fourth-order valence-electron chi connectivity index (χ4n) is 2.21. The Morgan fingerprint density at radius 3 is 2.52 bits per heavy atom. The van der Waals surface area contributed by atoms with E-state index in [1.807, 2.05) is 42.5 Å². The molecule has 0 N–H and O–H groups in total. The molecule has 0 unspecified atom stereocenters. The number of rotatable bonds is 4. The van der Waals surface area contributed by atoms with Crippen molar-refractivity contribution in [2.24, 2.45) is 0 Å². The first-order chi connectivity index (χ1) is 11.1. The highest BCUT2D eigenvalue weighted by atomic mass is 35.5. The van der Waals surface area contributed by atoms with E-state index >= 15 is 0 Å². The van der Waals surface area contributed by atoms with E-state index in [0.717, 1.165) is 11.3 Å². The molecule has 0 spiro atoms. The number of likely N-dealkylation sites (N-methyl/N-ethyl adjacent to an activating group) is 1. The number of hydrogen-bond acceptors (Lipinski definition) is 3. The summed E-state index contributed by atoms with van der Waals surface area (Å²) in [7, 11) is 1.75. The zero-order chi connectivity index (χ0) is 16.2. The summed E-state index contributed by atoms with van der Waals surface area (Å²) in [4.78, 5) is 13.9. The third-order valence-electron chi connectivity index (χ3n) is 3.54. The third kappa shape index (κ3) is 3.60. The highest BCUT2D eigenvalue weighted by molar-refractivity contribution is 6.30. The van der Waals surface area contributed by atoms with Gasteiger partial charge in [-0.1, -0.05) is 35.0 Å². The Morgan fingerprint density at radius 2 is 1.83 bits per heavy atom. The van der Waals surface area contributed by atoms with Crippen LogP contribution in [0.15, 0.2) is 65.2 Å². The van der Waals surface area contributed by atoms with Crippen LogP contribution in [0.2, 0.25) is 5.02 Å². The minimum absolute atomic E-state index is 0.0489. The second-order valence-electron chi connectivity index (χ2n) is 5.15. The Morgan fingerprint density at radius 1 is 1.13 bits per heavy atom. The molecule has 4 nitrogen and oxygen atoms in total. The first kappa shape index (κ1) is 15.3. The summed E-state index contributed by atoms with van der Waals surface area (Å²) in [6.45, 7) is 0. The van der Waals surface area contributed by atoms with E-state index in [4.69, 9.17) is 16.1 Å². The molecule has 0 saturated heterocycles. The van der Waals surface area contributed by atoms with Crippen LogP contribution in [0.4, 0.5) is 5.69 Å². The van der Waals surface area contributed by atoms with Crippen molar-refractivity contribution in [2.45, 2.75) is 6.42 Å². The van der Waals surface area contributed by atoms with Crippen molar-refractivity contribution in [3.63, 3.8) is 0 Å². The quantitative estimate of drug-likeness (QED) is 0.721. The molecule has 5 heteroatoms. The number of carbonyl (C=O) groups is 1. The van der Waals surface area contributed by atoms with E-state index in [-0.39, 0.29) is 12.3 Å². The number of anilines is 1. The van der Waals surface area contributed by atoms with Crippen LogP contribution >= 0.6 is 11.6 Å². The van der Waals surface area contributed by atoms with Crippen molar-refractivity contribution in [1.82, 2.24) is 5.16 Å². The molecule has 0 radical (unpaired) electrons. The molecular weight excluding hydrogens is 312 g/mol. The lowest BCUT2D eigenvalue weighted by Gasteiger charge is -2.16. The number of benzene rings is 2. The van der Waals surface area contributed by atoms with E-state index in [1.54, 1.807) is 30.1 Å². The van der Waals surface area contributed by atoms with Gasteiger partial charge >= 0.3 is 0 Å². The maximum atomic E-state index is 12.3. The number of para-hydroxylation sites is 1. The molecule has 1 amide bonds. The molecule has 0 aliphatic rings. The van der Waals surface area contributed by atoms with Gasteiger partial charge in [-0.25, -0.2) is 0 Å². The molecule has 1 aromatic heterocycles. The predicted molar refractivity (Wildman–Crippen MR) is 90.5 cm³/mol. The average Bonchev–Trinajstić information content (AvgIpc) is 3.04. The standard InChI is InChI=1S/C18H15ClN2O2/c1-21(16-5-3-2-4-6-16)18(22)12-15-11-17(23-20-15)13-7-9-14(19)10-8-13/h2-11H,12H2,1H3. The first-order valence-electron chi connectivity index (χ1n) is 7.16. The fraction of sp³-hybridized carbons (Fsp3) is 0.111. The molecule has 2 aromatic carbocycles. The van der Waals surface area contributed by atoms with Gasteiger partial charge in [0.1, 0.15) is 0 Å². The zero-order valence-corrected chi connectivity index (χ0v) is 13.3. The Bertz CT molecular complexity index is 797. The van der Waals surface area contributed by atoms with Gasteiger partial charge in [-0.3, -0.25) is 4.79 Å². The Hall–Kier alpha value is -2.59. The van der Waals surface area contributed by atoms with Crippen LogP contribution in [0.25, 0.3) is 11.3 Å². The minimum Gasteiger partial charge on any atom is -0.356 e. The molecule has 116 valence electrons. The molecule has 0 fully saturated rings. The topological polar surface area (TPSA) is 46.3 Å². The normalized spacial score (nSPS) is 10.5. The van der Waals surface area contributed by atoms with Crippen LogP contribution in [0.1, 0.15) is 5.69 Å². The minimum atomic E-state index is -0.0489. The van der Waals surface area contributed by atoms with Crippen molar-refractivity contribution < 1.29 is 9.32 Å². The average molecular weight is 327 g/mol. The summed E-state index contributed by atoms with van der Waals surface area (Å²) in [6, 6.07) is 18.5. The van der Waals surface area contributed by atoms with Crippen LogP contribution < -0.4 is 4.90 Å². The van der Waals surface area contributed by atoms with Gasteiger partial charge < -0.3 is 9.42 Å². The lowest BCUT2D eigenvalue weighted by molar-refractivity contribution is -0.117. The molecule has 0 aliphatic heterocycles. The first-order valence-corrected chi connectivity index (χ1v) is 7.54. The van der Waals surface area contributed by atoms with Crippen molar-refractivity contribution >= 4 is 23.2 Å². The summed E-state index contributed by atoms with van der Waals surface area (Å²) in [5.74, 6) is 0.569. The van der Waals surface area contributed by atoms with E-state index in [2.05, 4.69) is 5.16 Å². The Kier molecular flexibility index (Phi) is 4.44. The summed E-state index contributed by atoms with van der Waals surface area (Å²) in [6.07, 6.45) is 0.183. The second-order valence-corrected chi connectivity index (χ2v) is 5.59. The van der Waals surface area contributed by atoms with Gasteiger partial charge in [0.25, 0.3) is 0 Å². The van der Waals surface area contributed by atoms with Gasteiger partial charge in [-0.2, -0.15) is 0 Å². The third-order valence-corrected chi connectivity index (χ3v) is 3.79. The van der Waals surface area contributed by atoms with Gasteiger partial charge in [-0.05, 0) is 36.4 Å². The van der Waals surface area contributed by atoms with Crippen LogP contribution in [-0.2, 0) is 11.2 Å². The number of amides is 1. The molecule has 3 aromatic rings. The number of aromatic nitrogens is 1. The summed E-state index contributed by atoms with van der Waals surface area (Å²) < 4.78 is 5.31. The van der Waals surface area contributed by atoms with Gasteiger partial charge in [0, 0.05) is 29.4 Å². The lowest BCUT2D eigenvalue weighted by atomic mass is 10.1. The number of halogens is 1. The number of carbonyl (C=O) groups excluding carboxylic acids is 1. The molecule has 3 rings (SSSR count). The van der Waals surface area contributed by atoms with Crippen LogP contribution in [0.3, 0.4) is 0 Å². The molecule has 23 heavy (non-hydrogen) atoms. The highest BCUT2D eigenvalue weighted by Crippen LogP contribution is 2.23. The molecule has 0 atom stereocenters. The predicted octanol–water partition coefficient (Wildman–Crippen LogP) is 4.20.